The van der Waals surface area contributed by atoms with E-state index < -0.39 is 0 Å². The van der Waals surface area contributed by atoms with Crippen LogP contribution in [0.5, 0.6) is 0 Å². The lowest BCUT2D eigenvalue weighted by Crippen LogP contribution is -2.10. The standard InChI is InChI=1S/C9H12O3/c10-9(7-3-1-2-4-7)12-6-8-5-11-8/h3,8H,1-2,4-6H2. The molecule has 1 aliphatic heterocycles. The summed E-state index contributed by atoms with van der Waals surface area (Å²) in [5.41, 5.74) is 0.843. The van der Waals surface area contributed by atoms with Crippen molar-refractivity contribution in [3.05, 3.63) is 11.6 Å². The van der Waals surface area contributed by atoms with Crippen LogP contribution in [0.3, 0.4) is 0 Å². The number of ether oxygens (including phenoxy) is 2. The molecule has 2 rings (SSSR count). The summed E-state index contributed by atoms with van der Waals surface area (Å²) in [5, 5.41) is 0. The number of epoxide rings is 1. The Morgan fingerprint density at radius 1 is 1.75 bits per heavy atom. The van der Waals surface area contributed by atoms with Gasteiger partial charge in [0.25, 0.3) is 0 Å². The fourth-order valence-electron chi connectivity index (χ4n) is 1.28. The monoisotopic (exact) mass is 168 g/mol. The molecule has 1 atom stereocenters. The zero-order valence-corrected chi connectivity index (χ0v) is 6.91. The summed E-state index contributed by atoms with van der Waals surface area (Å²) in [6.45, 7) is 1.17. The van der Waals surface area contributed by atoms with Gasteiger partial charge in [-0.05, 0) is 19.3 Å². The SMILES string of the molecule is O=C(OCC1CO1)C1=CCCC1. The van der Waals surface area contributed by atoms with Crippen molar-refractivity contribution < 1.29 is 14.3 Å². The first kappa shape index (κ1) is 7.80. The van der Waals surface area contributed by atoms with E-state index in [1.54, 1.807) is 0 Å². The maximum absolute atomic E-state index is 11.2. The summed E-state index contributed by atoms with van der Waals surface area (Å²) >= 11 is 0. The van der Waals surface area contributed by atoms with Crippen LogP contribution in [0.25, 0.3) is 0 Å². The number of carbonyl (C=O) groups is 1. The zero-order valence-electron chi connectivity index (χ0n) is 6.91. The van der Waals surface area contributed by atoms with E-state index >= 15 is 0 Å². The molecule has 12 heavy (non-hydrogen) atoms. The van der Waals surface area contributed by atoms with E-state index in [9.17, 15) is 4.79 Å². The Morgan fingerprint density at radius 3 is 3.17 bits per heavy atom. The van der Waals surface area contributed by atoms with E-state index in [-0.39, 0.29) is 12.1 Å². The highest BCUT2D eigenvalue weighted by Crippen LogP contribution is 2.19. The number of hydrogen-bond donors (Lipinski definition) is 0. The third kappa shape index (κ3) is 1.85. The van der Waals surface area contributed by atoms with E-state index in [1.165, 1.54) is 0 Å². The third-order valence-electron chi connectivity index (χ3n) is 2.11. The van der Waals surface area contributed by atoms with Crippen LogP contribution in [0.1, 0.15) is 19.3 Å². The molecule has 0 amide bonds. The maximum Gasteiger partial charge on any atom is 0.333 e. The summed E-state index contributed by atoms with van der Waals surface area (Å²) < 4.78 is 9.94. The highest BCUT2D eigenvalue weighted by atomic mass is 16.6. The van der Waals surface area contributed by atoms with Gasteiger partial charge in [-0.3, -0.25) is 0 Å². The number of allylic oxidation sites excluding steroid dienone is 1. The maximum atomic E-state index is 11.2. The quantitative estimate of drug-likeness (QED) is 0.467. The average Bonchev–Trinajstić information content (AvgIpc) is 2.74. The van der Waals surface area contributed by atoms with Crippen LogP contribution in [-0.4, -0.2) is 25.3 Å². The van der Waals surface area contributed by atoms with Gasteiger partial charge in [0.05, 0.1) is 6.61 Å². The second kappa shape index (κ2) is 3.27. The summed E-state index contributed by atoms with van der Waals surface area (Å²) in [6, 6.07) is 0. The summed E-state index contributed by atoms with van der Waals surface area (Å²) in [7, 11) is 0. The van der Waals surface area contributed by atoms with Crippen LogP contribution in [0.2, 0.25) is 0 Å². The molecule has 0 radical (unpaired) electrons. The van der Waals surface area contributed by atoms with Crippen LogP contribution >= 0.6 is 0 Å². The van der Waals surface area contributed by atoms with Gasteiger partial charge < -0.3 is 9.47 Å². The van der Waals surface area contributed by atoms with Crippen molar-refractivity contribution in [2.75, 3.05) is 13.2 Å². The molecule has 1 saturated heterocycles. The van der Waals surface area contributed by atoms with Gasteiger partial charge in [-0.1, -0.05) is 6.08 Å². The third-order valence-corrected chi connectivity index (χ3v) is 2.11. The van der Waals surface area contributed by atoms with Gasteiger partial charge in [0, 0.05) is 5.57 Å². The number of esters is 1. The van der Waals surface area contributed by atoms with Gasteiger partial charge in [-0.15, -0.1) is 0 Å². The van der Waals surface area contributed by atoms with Crippen LogP contribution in [-0.2, 0) is 14.3 Å². The number of rotatable bonds is 3. The van der Waals surface area contributed by atoms with Crippen LogP contribution in [0.15, 0.2) is 11.6 Å². The normalized spacial score (nSPS) is 26.7. The fourth-order valence-corrected chi connectivity index (χ4v) is 1.28. The molecule has 0 bridgehead atoms. The first-order chi connectivity index (χ1) is 5.86. The molecule has 1 heterocycles. The Labute approximate surface area is 71.3 Å². The van der Waals surface area contributed by atoms with Crippen molar-refractivity contribution >= 4 is 5.97 Å². The molecule has 1 fully saturated rings. The Hall–Kier alpha value is -0.830. The molecular formula is C9H12O3. The molecule has 66 valence electrons. The minimum Gasteiger partial charge on any atom is -0.459 e. The molecule has 0 saturated carbocycles. The van der Waals surface area contributed by atoms with Gasteiger partial charge in [-0.25, -0.2) is 4.79 Å². The highest BCUT2D eigenvalue weighted by molar-refractivity contribution is 5.88. The van der Waals surface area contributed by atoms with Crippen LogP contribution in [0.4, 0.5) is 0 Å². The van der Waals surface area contributed by atoms with E-state index in [0.717, 1.165) is 31.4 Å². The molecule has 3 nitrogen and oxygen atoms in total. The molecule has 3 heteroatoms. The Morgan fingerprint density at radius 2 is 2.58 bits per heavy atom. The Bertz CT molecular complexity index is 216. The van der Waals surface area contributed by atoms with Crippen molar-refractivity contribution in [3.8, 4) is 0 Å². The average molecular weight is 168 g/mol. The van der Waals surface area contributed by atoms with Gasteiger partial charge >= 0.3 is 5.97 Å². The summed E-state index contributed by atoms with van der Waals surface area (Å²) in [5.74, 6) is -0.150. The number of hydrogen-bond acceptors (Lipinski definition) is 3. The van der Waals surface area contributed by atoms with Crippen molar-refractivity contribution in [1.29, 1.82) is 0 Å². The van der Waals surface area contributed by atoms with Crippen molar-refractivity contribution in [2.45, 2.75) is 25.4 Å². The van der Waals surface area contributed by atoms with Crippen LogP contribution < -0.4 is 0 Å². The van der Waals surface area contributed by atoms with Crippen molar-refractivity contribution in [3.63, 3.8) is 0 Å². The van der Waals surface area contributed by atoms with Gasteiger partial charge in [0.1, 0.15) is 12.7 Å². The van der Waals surface area contributed by atoms with E-state index in [2.05, 4.69) is 0 Å². The van der Waals surface area contributed by atoms with E-state index in [1.807, 2.05) is 6.08 Å². The lowest BCUT2D eigenvalue weighted by molar-refractivity contribution is -0.139. The van der Waals surface area contributed by atoms with E-state index in [4.69, 9.17) is 9.47 Å². The van der Waals surface area contributed by atoms with Crippen molar-refractivity contribution in [2.24, 2.45) is 0 Å². The molecule has 1 unspecified atom stereocenters. The van der Waals surface area contributed by atoms with E-state index in [0.29, 0.717) is 6.61 Å². The zero-order chi connectivity index (χ0) is 8.39. The molecule has 1 aliphatic carbocycles. The molecular weight excluding hydrogens is 156 g/mol. The molecule has 0 N–H and O–H groups in total. The molecule has 0 aromatic carbocycles. The van der Waals surface area contributed by atoms with Crippen LogP contribution in [0, 0.1) is 0 Å². The van der Waals surface area contributed by atoms with Gasteiger partial charge in [0.2, 0.25) is 0 Å². The topological polar surface area (TPSA) is 38.8 Å². The first-order valence-electron chi connectivity index (χ1n) is 4.34. The lowest BCUT2D eigenvalue weighted by Gasteiger charge is -2.01. The smallest absolute Gasteiger partial charge is 0.333 e. The predicted octanol–water partition coefficient (Wildman–Crippen LogP) is 1.04. The second-order valence-corrected chi connectivity index (χ2v) is 3.18. The minimum absolute atomic E-state index is 0.150. The predicted molar refractivity (Wildman–Crippen MR) is 42.6 cm³/mol. The fraction of sp³-hybridized carbons (Fsp3) is 0.667. The lowest BCUT2D eigenvalue weighted by atomic mass is 10.2. The molecule has 0 aromatic rings. The minimum atomic E-state index is -0.150. The summed E-state index contributed by atoms with van der Waals surface area (Å²) in [6.07, 6.45) is 5.13. The van der Waals surface area contributed by atoms with Gasteiger partial charge in [-0.2, -0.15) is 0 Å². The molecule has 0 spiro atoms. The molecule has 0 aromatic heterocycles. The molecule has 2 aliphatic rings. The summed E-state index contributed by atoms with van der Waals surface area (Å²) in [4.78, 5) is 11.2. The Kier molecular flexibility index (Phi) is 2.13. The Balaban J connectivity index is 1.74. The van der Waals surface area contributed by atoms with Crippen molar-refractivity contribution in [1.82, 2.24) is 0 Å². The first-order valence-corrected chi connectivity index (χ1v) is 4.34. The second-order valence-electron chi connectivity index (χ2n) is 3.18. The van der Waals surface area contributed by atoms with Gasteiger partial charge in [0.15, 0.2) is 0 Å². The number of carbonyl (C=O) groups excluding carboxylic acids is 1. The largest absolute Gasteiger partial charge is 0.459 e. The highest BCUT2D eigenvalue weighted by Gasteiger charge is 2.25.